The third-order valence-electron chi connectivity index (χ3n) is 3.66. The fourth-order valence-electron chi connectivity index (χ4n) is 2.32. The topological polar surface area (TPSA) is 42.0 Å². The lowest BCUT2D eigenvalue weighted by Gasteiger charge is -2.34. The number of carbonyl (C=O) groups excluding carboxylic acids is 1. The van der Waals surface area contributed by atoms with Gasteiger partial charge >= 0.3 is 0 Å². The molecule has 0 unspecified atom stereocenters. The minimum Gasteiger partial charge on any atom is -0.349 e. The zero-order chi connectivity index (χ0) is 13.2. The van der Waals surface area contributed by atoms with Gasteiger partial charge in [0.2, 0.25) is 5.95 Å². The summed E-state index contributed by atoms with van der Waals surface area (Å²) in [4.78, 5) is 15.4. The van der Waals surface area contributed by atoms with Crippen LogP contribution in [-0.4, -0.2) is 16.9 Å². The van der Waals surface area contributed by atoms with E-state index < -0.39 is 5.95 Å². The summed E-state index contributed by atoms with van der Waals surface area (Å²) in [7, 11) is 0. The minimum absolute atomic E-state index is 0.160. The normalized spacial score (nSPS) is 19.5. The second-order valence-corrected chi connectivity index (χ2v) is 5.78. The first-order chi connectivity index (χ1) is 8.46. The van der Waals surface area contributed by atoms with Gasteiger partial charge in [0.25, 0.3) is 5.91 Å². The summed E-state index contributed by atoms with van der Waals surface area (Å²) in [5, 5.41) is 2.99. The molecule has 1 aromatic rings. The summed E-state index contributed by atoms with van der Waals surface area (Å²) in [5.41, 5.74) is 0.805. The van der Waals surface area contributed by atoms with Crippen molar-refractivity contribution in [3.63, 3.8) is 0 Å². The number of halogens is 1. The van der Waals surface area contributed by atoms with Gasteiger partial charge in [-0.15, -0.1) is 0 Å². The van der Waals surface area contributed by atoms with Gasteiger partial charge in [-0.3, -0.25) is 4.79 Å². The summed E-state index contributed by atoms with van der Waals surface area (Å²) in [6.45, 7) is 4.52. The Hall–Kier alpha value is -1.45. The van der Waals surface area contributed by atoms with Gasteiger partial charge in [-0.1, -0.05) is 13.8 Å². The van der Waals surface area contributed by atoms with Crippen molar-refractivity contribution in [1.82, 2.24) is 10.3 Å². The van der Waals surface area contributed by atoms with Crippen molar-refractivity contribution in [2.24, 2.45) is 5.41 Å². The fraction of sp³-hybridized carbons (Fsp3) is 0.571. The zero-order valence-corrected chi connectivity index (χ0v) is 10.9. The predicted octanol–water partition coefficient (Wildman–Crippen LogP) is 2.92. The van der Waals surface area contributed by atoms with Crippen molar-refractivity contribution < 1.29 is 9.18 Å². The minimum atomic E-state index is -0.564. The lowest BCUT2D eigenvalue weighted by molar-refractivity contribution is 0.0908. The summed E-state index contributed by atoms with van der Waals surface area (Å²) in [5.74, 6) is -0.724. The first-order valence-electron chi connectivity index (χ1n) is 6.39. The first kappa shape index (κ1) is 13.0. The van der Waals surface area contributed by atoms with E-state index in [1.807, 2.05) is 0 Å². The lowest BCUT2D eigenvalue weighted by atomic mass is 9.75. The van der Waals surface area contributed by atoms with E-state index in [0.717, 1.165) is 25.7 Å². The molecule has 0 bridgehead atoms. The third-order valence-corrected chi connectivity index (χ3v) is 3.66. The molecule has 0 atom stereocenters. The van der Waals surface area contributed by atoms with E-state index in [4.69, 9.17) is 0 Å². The van der Waals surface area contributed by atoms with Gasteiger partial charge in [-0.2, -0.15) is 4.39 Å². The van der Waals surface area contributed by atoms with Crippen LogP contribution in [0.15, 0.2) is 18.3 Å². The van der Waals surface area contributed by atoms with Crippen LogP contribution in [0.1, 0.15) is 49.9 Å². The molecule has 1 aliphatic rings. The standard InChI is InChI=1S/C14H19FN2O/c1-14(2)7-5-11(6-8-14)17-13(18)10-3-4-12(15)16-9-10/h3-4,9,11H,5-8H2,1-2H3,(H,17,18). The Morgan fingerprint density at radius 1 is 1.39 bits per heavy atom. The maximum atomic E-state index is 12.7. The Morgan fingerprint density at radius 2 is 2.06 bits per heavy atom. The van der Waals surface area contributed by atoms with E-state index in [0.29, 0.717) is 11.0 Å². The molecule has 98 valence electrons. The van der Waals surface area contributed by atoms with Gasteiger partial charge in [0.05, 0.1) is 5.56 Å². The van der Waals surface area contributed by atoms with E-state index in [1.54, 1.807) is 0 Å². The van der Waals surface area contributed by atoms with Crippen LogP contribution in [-0.2, 0) is 0 Å². The SMILES string of the molecule is CC1(C)CCC(NC(=O)c2ccc(F)nc2)CC1. The molecule has 1 saturated carbocycles. The van der Waals surface area contributed by atoms with Gasteiger partial charge in [-0.05, 0) is 43.2 Å². The number of amides is 1. The van der Waals surface area contributed by atoms with E-state index in [1.165, 1.54) is 18.3 Å². The molecule has 1 heterocycles. The van der Waals surface area contributed by atoms with Crippen molar-refractivity contribution in [3.05, 3.63) is 29.8 Å². The largest absolute Gasteiger partial charge is 0.349 e. The highest BCUT2D eigenvalue weighted by Crippen LogP contribution is 2.35. The monoisotopic (exact) mass is 250 g/mol. The van der Waals surface area contributed by atoms with Gasteiger partial charge in [0, 0.05) is 12.2 Å². The molecule has 0 spiro atoms. The number of nitrogens with one attached hydrogen (secondary N) is 1. The Morgan fingerprint density at radius 3 is 2.61 bits per heavy atom. The predicted molar refractivity (Wildman–Crippen MR) is 67.7 cm³/mol. The van der Waals surface area contributed by atoms with Crippen LogP contribution in [0.4, 0.5) is 4.39 Å². The highest BCUT2D eigenvalue weighted by atomic mass is 19.1. The van der Waals surface area contributed by atoms with Crippen molar-refractivity contribution in [2.75, 3.05) is 0 Å². The molecule has 4 heteroatoms. The summed E-state index contributed by atoms with van der Waals surface area (Å²) >= 11 is 0. The maximum absolute atomic E-state index is 12.7. The molecule has 0 aromatic carbocycles. The van der Waals surface area contributed by atoms with Gasteiger partial charge in [0.15, 0.2) is 0 Å². The second kappa shape index (κ2) is 5.04. The molecule has 18 heavy (non-hydrogen) atoms. The maximum Gasteiger partial charge on any atom is 0.253 e. The zero-order valence-electron chi connectivity index (χ0n) is 10.9. The quantitative estimate of drug-likeness (QED) is 0.820. The molecule has 1 amide bonds. The Bertz CT molecular complexity index is 418. The molecule has 1 fully saturated rings. The van der Waals surface area contributed by atoms with Crippen LogP contribution in [0.3, 0.4) is 0 Å². The smallest absolute Gasteiger partial charge is 0.253 e. The number of carbonyl (C=O) groups is 1. The first-order valence-corrected chi connectivity index (χ1v) is 6.39. The van der Waals surface area contributed by atoms with E-state index in [-0.39, 0.29) is 11.9 Å². The number of hydrogen-bond donors (Lipinski definition) is 1. The second-order valence-electron chi connectivity index (χ2n) is 5.78. The molecule has 0 aliphatic heterocycles. The molecule has 3 nitrogen and oxygen atoms in total. The van der Waals surface area contributed by atoms with Gasteiger partial charge in [-0.25, -0.2) is 4.98 Å². The highest BCUT2D eigenvalue weighted by Gasteiger charge is 2.27. The van der Waals surface area contributed by atoms with Gasteiger partial charge in [0.1, 0.15) is 0 Å². The average Bonchev–Trinajstić information content (AvgIpc) is 2.33. The number of hydrogen-bond acceptors (Lipinski definition) is 2. The molecular weight excluding hydrogens is 231 g/mol. The third kappa shape index (κ3) is 3.28. The molecule has 0 radical (unpaired) electrons. The number of aromatic nitrogens is 1. The molecular formula is C14H19FN2O. The Kier molecular flexibility index (Phi) is 3.64. The van der Waals surface area contributed by atoms with Crippen LogP contribution in [0, 0.1) is 11.4 Å². The number of nitrogens with zero attached hydrogens (tertiary/aromatic N) is 1. The van der Waals surface area contributed by atoms with E-state index >= 15 is 0 Å². The van der Waals surface area contributed by atoms with Crippen LogP contribution in [0.2, 0.25) is 0 Å². The van der Waals surface area contributed by atoms with Crippen molar-refractivity contribution >= 4 is 5.91 Å². The van der Waals surface area contributed by atoms with Crippen LogP contribution in [0.25, 0.3) is 0 Å². The van der Waals surface area contributed by atoms with Crippen LogP contribution < -0.4 is 5.32 Å². The average molecular weight is 250 g/mol. The molecule has 0 saturated heterocycles. The molecule has 2 rings (SSSR count). The van der Waals surface area contributed by atoms with Crippen molar-refractivity contribution in [3.8, 4) is 0 Å². The molecule has 1 aromatic heterocycles. The number of rotatable bonds is 2. The van der Waals surface area contributed by atoms with Crippen LogP contribution >= 0.6 is 0 Å². The van der Waals surface area contributed by atoms with E-state index in [9.17, 15) is 9.18 Å². The lowest BCUT2D eigenvalue weighted by Crippen LogP contribution is -2.39. The van der Waals surface area contributed by atoms with Crippen LogP contribution in [0.5, 0.6) is 0 Å². The van der Waals surface area contributed by atoms with E-state index in [2.05, 4.69) is 24.1 Å². The molecule has 1 N–H and O–H groups in total. The van der Waals surface area contributed by atoms with Crippen molar-refractivity contribution in [1.29, 1.82) is 0 Å². The Labute approximate surface area is 107 Å². The summed E-state index contributed by atoms with van der Waals surface area (Å²) in [6.07, 6.45) is 5.54. The highest BCUT2D eigenvalue weighted by molar-refractivity contribution is 5.94. The fourth-order valence-corrected chi connectivity index (χ4v) is 2.32. The molecule has 1 aliphatic carbocycles. The summed E-state index contributed by atoms with van der Waals surface area (Å²) in [6, 6.07) is 2.90. The number of pyridine rings is 1. The van der Waals surface area contributed by atoms with Gasteiger partial charge < -0.3 is 5.32 Å². The summed E-state index contributed by atoms with van der Waals surface area (Å²) < 4.78 is 12.7. The Balaban J connectivity index is 1.90. The van der Waals surface area contributed by atoms with Crippen molar-refractivity contribution in [2.45, 2.75) is 45.6 Å².